The van der Waals surface area contributed by atoms with Gasteiger partial charge in [0.1, 0.15) is 12.7 Å². The number of benzene rings is 2. The van der Waals surface area contributed by atoms with Gasteiger partial charge in [-0.05, 0) is 69.0 Å². The van der Waals surface area contributed by atoms with E-state index in [-0.39, 0.29) is 30.1 Å². The number of carboxylic acid groups (broad SMARTS) is 1. The number of halogens is 5. The van der Waals surface area contributed by atoms with Crippen molar-refractivity contribution in [3.05, 3.63) is 64.3 Å². The maximum atomic E-state index is 14.0. The molecule has 240 valence electrons. The predicted molar refractivity (Wildman–Crippen MR) is 151 cm³/mol. The van der Waals surface area contributed by atoms with Crippen LogP contribution in [0.1, 0.15) is 32.3 Å². The Morgan fingerprint density at radius 3 is 2.27 bits per heavy atom. The molecule has 10 nitrogen and oxygen atoms in total. The van der Waals surface area contributed by atoms with Crippen LogP contribution in [0.15, 0.2) is 47.3 Å². The summed E-state index contributed by atoms with van der Waals surface area (Å²) in [4.78, 5) is 37.1. The fourth-order valence-corrected chi connectivity index (χ4v) is 4.45. The molecule has 0 radical (unpaired) electrons. The molecule has 0 spiro atoms. The quantitative estimate of drug-likeness (QED) is 0.345. The molecule has 2 N–H and O–H groups in total. The van der Waals surface area contributed by atoms with E-state index < -0.39 is 29.8 Å². The molecule has 1 fully saturated rings. The molecular formula is C29H34F5N5O5. The Hall–Kier alpha value is -4.27. The highest BCUT2D eigenvalue weighted by Crippen LogP contribution is 2.25. The van der Waals surface area contributed by atoms with Crippen molar-refractivity contribution in [1.29, 1.82) is 0 Å². The van der Waals surface area contributed by atoms with Crippen LogP contribution in [0.5, 0.6) is 5.75 Å². The van der Waals surface area contributed by atoms with Crippen molar-refractivity contribution in [1.82, 2.24) is 24.6 Å². The summed E-state index contributed by atoms with van der Waals surface area (Å²) in [6, 6.07) is 11.6. The number of ether oxygens (including phenoxy) is 1. The van der Waals surface area contributed by atoms with E-state index >= 15 is 0 Å². The number of alkyl halides is 4. The molecule has 0 unspecified atom stereocenters. The van der Waals surface area contributed by atoms with Crippen LogP contribution >= 0.6 is 0 Å². The largest absolute Gasteiger partial charge is 0.494 e. The van der Waals surface area contributed by atoms with Crippen molar-refractivity contribution in [3.8, 4) is 22.8 Å². The topological polar surface area (TPSA) is 119 Å². The summed E-state index contributed by atoms with van der Waals surface area (Å²) >= 11 is 0. The monoisotopic (exact) mass is 627 g/mol. The van der Waals surface area contributed by atoms with Gasteiger partial charge in [-0.15, -0.1) is 5.10 Å². The lowest BCUT2D eigenvalue weighted by molar-refractivity contribution is -0.192. The first-order valence-electron chi connectivity index (χ1n) is 13.8. The van der Waals surface area contributed by atoms with Gasteiger partial charge in [-0.2, -0.15) is 17.9 Å². The molecule has 0 aliphatic carbocycles. The molecule has 1 saturated heterocycles. The summed E-state index contributed by atoms with van der Waals surface area (Å²) in [5, 5.41) is 14.4. The Labute approximate surface area is 250 Å². The number of methoxy groups -OCH3 is 1. The zero-order valence-corrected chi connectivity index (χ0v) is 24.4. The van der Waals surface area contributed by atoms with E-state index in [1.165, 1.54) is 34.6 Å². The third-order valence-corrected chi connectivity index (χ3v) is 6.68. The second kappa shape index (κ2) is 14.9. The van der Waals surface area contributed by atoms with Gasteiger partial charge in [0.25, 0.3) is 0 Å². The van der Waals surface area contributed by atoms with Crippen LogP contribution in [0.2, 0.25) is 0 Å². The number of hydrogen-bond donors (Lipinski definition) is 2. The van der Waals surface area contributed by atoms with Gasteiger partial charge in [0.2, 0.25) is 5.91 Å². The molecule has 2 aromatic carbocycles. The predicted octanol–water partition coefficient (Wildman–Crippen LogP) is 3.98. The zero-order chi connectivity index (χ0) is 32.6. The highest BCUT2D eigenvalue weighted by molar-refractivity contribution is 5.76. The number of aromatic nitrogens is 3. The van der Waals surface area contributed by atoms with Crippen molar-refractivity contribution in [2.45, 2.75) is 58.0 Å². The lowest BCUT2D eigenvalue weighted by Crippen LogP contribution is -2.36. The minimum Gasteiger partial charge on any atom is -0.494 e. The van der Waals surface area contributed by atoms with Crippen LogP contribution in [-0.2, 0) is 22.6 Å². The number of likely N-dealkylation sites (tertiary alicyclic amines) is 1. The summed E-state index contributed by atoms with van der Waals surface area (Å²) in [5.74, 6) is -3.39. The van der Waals surface area contributed by atoms with Crippen LogP contribution in [-0.4, -0.2) is 81.4 Å². The molecule has 1 aromatic heterocycles. The van der Waals surface area contributed by atoms with E-state index in [9.17, 15) is 31.5 Å². The number of carbonyl (C=O) groups is 2. The average Bonchev–Trinajstić information content (AvgIpc) is 3.28. The zero-order valence-electron chi connectivity index (χ0n) is 24.4. The fourth-order valence-electron chi connectivity index (χ4n) is 4.45. The van der Waals surface area contributed by atoms with Gasteiger partial charge in [-0.25, -0.2) is 18.4 Å². The number of nitrogens with zero attached hydrogens (tertiary/aromatic N) is 4. The molecule has 0 atom stereocenters. The SMILES string of the molecule is COc1cc(-c2nn(-c3ccc(CCN4CCC(F)CC4)cc3)c(=O)n2CC(=O)NC(C)C)ccc1F.O=C(O)C(F)(F)F. The van der Waals surface area contributed by atoms with Crippen LogP contribution in [0, 0.1) is 5.82 Å². The number of aliphatic carboxylic acids is 1. The number of carbonyl (C=O) groups excluding carboxylic acids is 1. The highest BCUT2D eigenvalue weighted by atomic mass is 19.4. The molecule has 1 aliphatic rings. The smallest absolute Gasteiger partial charge is 0.490 e. The average molecular weight is 628 g/mol. The van der Waals surface area contributed by atoms with E-state index in [2.05, 4.69) is 15.3 Å². The van der Waals surface area contributed by atoms with E-state index in [1.807, 2.05) is 38.1 Å². The van der Waals surface area contributed by atoms with Crippen molar-refractivity contribution in [2.24, 2.45) is 0 Å². The van der Waals surface area contributed by atoms with Crippen LogP contribution in [0.25, 0.3) is 17.1 Å². The molecule has 1 aliphatic heterocycles. The summed E-state index contributed by atoms with van der Waals surface area (Å²) in [7, 11) is 1.36. The van der Waals surface area contributed by atoms with Gasteiger partial charge < -0.3 is 20.1 Å². The molecule has 4 rings (SSSR count). The molecule has 44 heavy (non-hydrogen) atoms. The summed E-state index contributed by atoms with van der Waals surface area (Å²) in [5.41, 5.74) is 1.60. The number of nitrogens with one attached hydrogen (secondary N) is 1. The molecule has 2 heterocycles. The van der Waals surface area contributed by atoms with Gasteiger partial charge in [-0.3, -0.25) is 9.36 Å². The Kier molecular flexibility index (Phi) is 11.6. The van der Waals surface area contributed by atoms with Gasteiger partial charge in [-0.1, -0.05) is 12.1 Å². The van der Waals surface area contributed by atoms with Gasteiger partial charge in [0.05, 0.1) is 12.8 Å². The molecule has 3 aromatic rings. The Morgan fingerprint density at radius 2 is 1.73 bits per heavy atom. The molecule has 0 bridgehead atoms. The van der Waals surface area contributed by atoms with E-state index in [0.717, 1.165) is 31.6 Å². The maximum absolute atomic E-state index is 14.0. The number of carboxylic acids is 1. The minimum absolute atomic E-state index is 0.0118. The van der Waals surface area contributed by atoms with Crippen molar-refractivity contribution in [3.63, 3.8) is 0 Å². The number of hydrogen-bond acceptors (Lipinski definition) is 6. The first kappa shape index (κ1) is 34.2. The normalized spacial score (nSPS) is 14.2. The summed E-state index contributed by atoms with van der Waals surface area (Å²) < 4.78 is 66.7. The second-order valence-corrected chi connectivity index (χ2v) is 10.4. The lowest BCUT2D eigenvalue weighted by atomic mass is 10.1. The number of rotatable bonds is 9. The van der Waals surface area contributed by atoms with Crippen molar-refractivity contribution < 1.29 is 41.4 Å². The molecule has 1 amide bonds. The molecule has 15 heteroatoms. The van der Waals surface area contributed by atoms with Crippen LogP contribution in [0.3, 0.4) is 0 Å². The fraction of sp³-hybridized carbons (Fsp3) is 0.448. The standard InChI is InChI=1S/C27H33F2N5O3.C2HF3O2/c1-18(2)30-25(35)17-33-26(20-6-9-23(29)24(16-20)37-3)31-34(27(33)36)22-7-4-19(5-8-22)10-13-32-14-11-21(28)12-15-32;3-2(4,5)1(6)7/h4-9,16,18,21H,10-15,17H2,1-3H3,(H,30,35);(H,6,7). The van der Waals surface area contributed by atoms with Crippen molar-refractivity contribution >= 4 is 11.9 Å². The van der Waals surface area contributed by atoms with Crippen molar-refractivity contribution in [2.75, 3.05) is 26.7 Å². The van der Waals surface area contributed by atoms with Gasteiger partial charge in [0.15, 0.2) is 17.4 Å². The highest BCUT2D eigenvalue weighted by Gasteiger charge is 2.38. The lowest BCUT2D eigenvalue weighted by Gasteiger charge is -2.28. The van der Waals surface area contributed by atoms with E-state index in [4.69, 9.17) is 14.6 Å². The first-order chi connectivity index (χ1) is 20.7. The van der Waals surface area contributed by atoms with Gasteiger partial charge in [0, 0.05) is 31.2 Å². The summed E-state index contributed by atoms with van der Waals surface area (Å²) in [6.07, 6.45) is -3.79. The maximum Gasteiger partial charge on any atom is 0.490 e. The molecular weight excluding hydrogens is 593 g/mol. The van der Waals surface area contributed by atoms with Crippen LogP contribution in [0.4, 0.5) is 22.0 Å². The number of amides is 1. The van der Waals surface area contributed by atoms with E-state index in [1.54, 1.807) is 0 Å². The second-order valence-electron chi connectivity index (χ2n) is 10.4. The first-order valence-corrected chi connectivity index (χ1v) is 13.8. The number of piperidine rings is 1. The van der Waals surface area contributed by atoms with E-state index in [0.29, 0.717) is 24.1 Å². The van der Waals surface area contributed by atoms with Crippen LogP contribution < -0.4 is 15.7 Å². The summed E-state index contributed by atoms with van der Waals surface area (Å²) in [6.45, 7) is 5.82. The Morgan fingerprint density at radius 1 is 1.11 bits per heavy atom. The third-order valence-electron chi connectivity index (χ3n) is 6.68. The Bertz CT molecular complexity index is 1480. The van der Waals surface area contributed by atoms with Gasteiger partial charge >= 0.3 is 17.8 Å². The Balaban J connectivity index is 0.000000676. The minimum atomic E-state index is -5.08. The molecule has 0 saturated carbocycles. The third kappa shape index (κ3) is 9.36.